The van der Waals surface area contributed by atoms with Gasteiger partial charge in [0.1, 0.15) is 4.60 Å². The van der Waals surface area contributed by atoms with Gasteiger partial charge in [-0.1, -0.05) is 6.42 Å². The minimum Gasteiger partial charge on any atom is -0.350 e. The molecule has 2 rings (SSSR count). The molecule has 1 aromatic heterocycles. The molecular weight excluding hydrogens is 294 g/mol. The first-order valence-electron chi connectivity index (χ1n) is 6.27. The van der Waals surface area contributed by atoms with Crippen LogP contribution < -0.4 is 5.32 Å². The van der Waals surface area contributed by atoms with E-state index in [1.807, 2.05) is 0 Å². The molecule has 0 bridgehead atoms. The van der Waals surface area contributed by atoms with E-state index >= 15 is 0 Å². The standard InChI is InChI=1S/C13H18BrN3O/c1-17-7-3-2-4-11(17)9-16-13(18)10-5-6-15-12(14)8-10/h5-6,8,11H,2-4,7,9H2,1H3,(H,16,18). The highest BCUT2D eigenvalue weighted by atomic mass is 79.9. The van der Waals surface area contributed by atoms with E-state index in [0.29, 0.717) is 16.2 Å². The molecular formula is C13H18BrN3O. The Bertz CT molecular complexity index is 424. The highest BCUT2D eigenvalue weighted by Gasteiger charge is 2.19. The van der Waals surface area contributed by atoms with Crippen molar-refractivity contribution >= 4 is 21.8 Å². The number of amides is 1. The van der Waals surface area contributed by atoms with Crippen LogP contribution in [-0.2, 0) is 0 Å². The molecule has 4 nitrogen and oxygen atoms in total. The number of nitrogens with one attached hydrogen (secondary N) is 1. The fourth-order valence-electron chi connectivity index (χ4n) is 2.26. The zero-order valence-electron chi connectivity index (χ0n) is 10.5. The summed E-state index contributed by atoms with van der Waals surface area (Å²) >= 11 is 3.27. The first-order chi connectivity index (χ1) is 8.66. The van der Waals surface area contributed by atoms with Crippen LogP contribution in [-0.4, -0.2) is 42.0 Å². The van der Waals surface area contributed by atoms with Crippen molar-refractivity contribution in [3.05, 3.63) is 28.5 Å². The van der Waals surface area contributed by atoms with Gasteiger partial charge in [0.05, 0.1) is 0 Å². The monoisotopic (exact) mass is 311 g/mol. The first-order valence-corrected chi connectivity index (χ1v) is 7.06. The molecule has 1 aliphatic heterocycles. The van der Waals surface area contributed by atoms with Crippen LogP contribution in [0.1, 0.15) is 29.6 Å². The lowest BCUT2D eigenvalue weighted by atomic mass is 10.0. The van der Waals surface area contributed by atoms with Gasteiger partial charge in [-0.2, -0.15) is 0 Å². The summed E-state index contributed by atoms with van der Waals surface area (Å²) < 4.78 is 0.685. The number of piperidine rings is 1. The molecule has 5 heteroatoms. The summed E-state index contributed by atoms with van der Waals surface area (Å²) in [4.78, 5) is 18.3. The molecule has 1 aliphatic rings. The van der Waals surface area contributed by atoms with E-state index in [2.05, 4.69) is 38.2 Å². The number of hydrogen-bond donors (Lipinski definition) is 1. The Labute approximate surface area is 116 Å². The van der Waals surface area contributed by atoms with E-state index in [9.17, 15) is 4.79 Å². The smallest absolute Gasteiger partial charge is 0.251 e. The summed E-state index contributed by atoms with van der Waals surface area (Å²) in [5.74, 6) is -0.0305. The van der Waals surface area contributed by atoms with Gasteiger partial charge in [-0.15, -0.1) is 0 Å². The van der Waals surface area contributed by atoms with Crippen molar-refractivity contribution in [1.29, 1.82) is 0 Å². The number of carbonyl (C=O) groups is 1. The Morgan fingerprint density at radius 1 is 1.61 bits per heavy atom. The third kappa shape index (κ3) is 3.53. The lowest BCUT2D eigenvalue weighted by Crippen LogP contribution is -2.44. The Morgan fingerprint density at radius 3 is 3.17 bits per heavy atom. The third-order valence-electron chi connectivity index (χ3n) is 3.41. The molecule has 1 saturated heterocycles. The number of rotatable bonds is 3. The van der Waals surface area contributed by atoms with Crippen molar-refractivity contribution in [2.24, 2.45) is 0 Å². The molecule has 0 aromatic carbocycles. The molecule has 98 valence electrons. The second-order valence-corrected chi connectivity index (χ2v) is 5.52. The molecule has 1 unspecified atom stereocenters. The summed E-state index contributed by atoms with van der Waals surface area (Å²) in [6, 6.07) is 3.93. The fourth-order valence-corrected chi connectivity index (χ4v) is 2.62. The quantitative estimate of drug-likeness (QED) is 0.869. The molecule has 1 amide bonds. The van der Waals surface area contributed by atoms with E-state index in [-0.39, 0.29) is 5.91 Å². The van der Waals surface area contributed by atoms with Gasteiger partial charge in [-0.05, 0) is 54.5 Å². The van der Waals surface area contributed by atoms with Gasteiger partial charge in [0.2, 0.25) is 0 Å². The van der Waals surface area contributed by atoms with E-state index in [1.165, 1.54) is 12.8 Å². The zero-order chi connectivity index (χ0) is 13.0. The SMILES string of the molecule is CN1CCCCC1CNC(=O)c1ccnc(Br)c1. The summed E-state index contributed by atoms with van der Waals surface area (Å²) in [5, 5.41) is 3.00. The fraction of sp³-hybridized carbons (Fsp3) is 0.538. The van der Waals surface area contributed by atoms with Crippen LogP contribution in [0.5, 0.6) is 0 Å². The number of aromatic nitrogens is 1. The average molecular weight is 312 g/mol. The van der Waals surface area contributed by atoms with E-state index in [4.69, 9.17) is 0 Å². The van der Waals surface area contributed by atoms with Crippen LogP contribution in [0, 0.1) is 0 Å². The number of nitrogens with zero attached hydrogens (tertiary/aromatic N) is 2. The van der Waals surface area contributed by atoms with Gasteiger partial charge in [0.25, 0.3) is 5.91 Å². The second-order valence-electron chi connectivity index (χ2n) is 4.71. The van der Waals surface area contributed by atoms with E-state index in [1.54, 1.807) is 18.3 Å². The number of likely N-dealkylation sites (tertiary alicyclic amines) is 1. The van der Waals surface area contributed by atoms with Gasteiger partial charge in [0.15, 0.2) is 0 Å². The maximum atomic E-state index is 12.0. The van der Waals surface area contributed by atoms with Crippen molar-refractivity contribution in [2.75, 3.05) is 20.1 Å². The summed E-state index contributed by atoms with van der Waals surface area (Å²) in [6.45, 7) is 1.84. The Balaban J connectivity index is 1.88. The largest absolute Gasteiger partial charge is 0.350 e. The van der Waals surface area contributed by atoms with Gasteiger partial charge in [-0.3, -0.25) is 4.79 Å². The Kier molecular flexibility index (Phi) is 4.72. The third-order valence-corrected chi connectivity index (χ3v) is 3.84. The van der Waals surface area contributed by atoms with Crippen molar-refractivity contribution in [1.82, 2.24) is 15.2 Å². The van der Waals surface area contributed by atoms with Crippen molar-refractivity contribution in [3.8, 4) is 0 Å². The topological polar surface area (TPSA) is 45.2 Å². The molecule has 0 spiro atoms. The van der Waals surface area contributed by atoms with Crippen LogP contribution in [0.15, 0.2) is 22.9 Å². The van der Waals surface area contributed by atoms with Gasteiger partial charge < -0.3 is 10.2 Å². The second kappa shape index (κ2) is 6.29. The number of halogens is 1. The van der Waals surface area contributed by atoms with Crippen LogP contribution in [0.2, 0.25) is 0 Å². The summed E-state index contributed by atoms with van der Waals surface area (Å²) in [6.07, 6.45) is 5.31. The molecule has 1 atom stereocenters. The van der Waals surface area contributed by atoms with Crippen LogP contribution in [0.4, 0.5) is 0 Å². The minimum absolute atomic E-state index is 0.0305. The van der Waals surface area contributed by atoms with Gasteiger partial charge >= 0.3 is 0 Å². The van der Waals surface area contributed by atoms with Crippen molar-refractivity contribution < 1.29 is 4.79 Å². The van der Waals surface area contributed by atoms with Crippen LogP contribution in [0.3, 0.4) is 0 Å². The molecule has 0 radical (unpaired) electrons. The summed E-state index contributed by atoms with van der Waals surface area (Å²) in [5.41, 5.74) is 0.648. The van der Waals surface area contributed by atoms with Gasteiger partial charge in [0, 0.05) is 24.3 Å². The predicted octanol–water partition coefficient (Wildman–Crippen LogP) is 2.06. The molecule has 1 aromatic rings. The minimum atomic E-state index is -0.0305. The first kappa shape index (κ1) is 13.5. The lowest BCUT2D eigenvalue weighted by molar-refractivity contribution is 0.0928. The molecule has 1 N–H and O–H groups in total. The molecule has 0 aliphatic carbocycles. The normalized spacial score (nSPS) is 20.7. The average Bonchev–Trinajstić information content (AvgIpc) is 2.37. The molecule has 0 saturated carbocycles. The predicted molar refractivity (Wildman–Crippen MR) is 74.5 cm³/mol. The maximum absolute atomic E-state index is 12.0. The van der Waals surface area contributed by atoms with Crippen LogP contribution >= 0.6 is 15.9 Å². The number of pyridine rings is 1. The highest BCUT2D eigenvalue weighted by molar-refractivity contribution is 9.10. The van der Waals surface area contributed by atoms with Crippen molar-refractivity contribution in [3.63, 3.8) is 0 Å². The molecule has 2 heterocycles. The maximum Gasteiger partial charge on any atom is 0.251 e. The molecule has 1 fully saturated rings. The molecule has 18 heavy (non-hydrogen) atoms. The van der Waals surface area contributed by atoms with E-state index in [0.717, 1.165) is 19.5 Å². The number of hydrogen-bond acceptors (Lipinski definition) is 3. The Hall–Kier alpha value is -0.940. The Morgan fingerprint density at radius 2 is 2.44 bits per heavy atom. The van der Waals surface area contributed by atoms with Gasteiger partial charge in [-0.25, -0.2) is 4.98 Å². The van der Waals surface area contributed by atoms with Crippen LogP contribution in [0.25, 0.3) is 0 Å². The van der Waals surface area contributed by atoms with Crippen molar-refractivity contribution in [2.45, 2.75) is 25.3 Å². The lowest BCUT2D eigenvalue weighted by Gasteiger charge is -2.32. The highest BCUT2D eigenvalue weighted by Crippen LogP contribution is 2.14. The number of carbonyl (C=O) groups excluding carboxylic acids is 1. The number of likely N-dealkylation sites (N-methyl/N-ethyl adjacent to an activating group) is 1. The van der Waals surface area contributed by atoms with E-state index < -0.39 is 0 Å². The summed E-state index contributed by atoms with van der Waals surface area (Å²) in [7, 11) is 2.12. The zero-order valence-corrected chi connectivity index (χ0v) is 12.1.